The van der Waals surface area contributed by atoms with Crippen LogP contribution in [-0.2, 0) is 13.0 Å². The van der Waals surface area contributed by atoms with Gasteiger partial charge in [-0.05, 0) is 37.4 Å². The lowest BCUT2D eigenvalue weighted by molar-refractivity contribution is 0.300. The predicted octanol–water partition coefficient (Wildman–Crippen LogP) is 2.22. The van der Waals surface area contributed by atoms with E-state index in [0.29, 0.717) is 11.5 Å². The van der Waals surface area contributed by atoms with Gasteiger partial charge in [-0.1, -0.05) is 12.1 Å². The molecule has 1 atom stereocenters. The summed E-state index contributed by atoms with van der Waals surface area (Å²) in [6, 6.07) is 5.70. The van der Waals surface area contributed by atoms with Gasteiger partial charge in [-0.3, -0.25) is 4.90 Å². The van der Waals surface area contributed by atoms with E-state index in [1.807, 2.05) is 6.07 Å². The van der Waals surface area contributed by atoms with E-state index < -0.39 is 0 Å². The van der Waals surface area contributed by atoms with E-state index in [9.17, 15) is 0 Å². The summed E-state index contributed by atoms with van der Waals surface area (Å²) in [6.07, 6.45) is 4.59. The van der Waals surface area contributed by atoms with Crippen molar-refractivity contribution in [1.29, 1.82) is 5.26 Å². The Labute approximate surface area is 141 Å². The number of nitriles is 1. The second-order valence-corrected chi connectivity index (χ2v) is 6.17. The van der Waals surface area contributed by atoms with Gasteiger partial charge in [0.15, 0.2) is 5.82 Å². The van der Waals surface area contributed by atoms with E-state index in [2.05, 4.69) is 38.3 Å². The lowest BCUT2D eigenvalue weighted by atomic mass is 10.1. The van der Waals surface area contributed by atoms with Crippen LogP contribution in [0, 0.1) is 17.2 Å². The van der Waals surface area contributed by atoms with Gasteiger partial charge in [-0.2, -0.15) is 10.2 Å². The molecular formula is C17H22N6O. The number of nitrogens with one attached hydrogen (secondary N) is 1. The van der Waals surface area contributed by atoms with Gasteiger partial charge < -0.3 is 9.84 Å². The SMILES string of the molecule is CCCc1nc(CN2CC[C@@H](CNc3ccc(C#N)cn3)C2)no1. The van der Waals surface area contributed by atoms with Crippen molar-refractivity contribution in [3.63, 3.8) is 0 Å². The third kappa shape index (κ3) is 4.30. The van der Waals surface area contributed by atoms with Crippen molar-refractivity contribution in [2.24, 2.45) is 5.92 Å². The summed E-state index contributed by atoms with van der Waals surface area (Å²) in [7, 11) is 0. The molecule has 0 aromatic carbocycles. The molecule has 0 bridgehead atoms. The standard InChI is InChI=1S/C17H22N6O/c1-2-3-17-21-16(22-24-17)12-23-7-6-14(11-23)10-20-15-5-4-13(8-18)9-19-15/h4-5,9,14H,2-3,6-7,10-12H2,1H3,(H,19,20)/t14-/m0/s1. The molecule has 1 fully saturated rings. The summed E-state index contributed by atoms with van der Waals surface area (Å²) in [5.74, 6) is 2.90. The van der Waals surface area contributed by atoms with Crippen molar-refractivity contribution in [2.75, 3.05) is 25.0 Å². The first-order chi connectivity index (χ1) is 11.8. The van der Waals surface area contributed by atoms with Gasteiger partial charge in [0.1, 0.15) is 11.9 Å². The highest BCUT2D eigenvalue weighted by molar-refractivity contribution is 5.38. The topological polar surface area (TPSA) is 90.9 Å². The molecule has 0 saturated carbocycles. The Hall–Kier alpha value is -2.46. The largest absolute Gasteiger partial charge is 0.370 e. The van der Waals surface area contributed by atoms with Crippen molar-refractivity contribution in [3.05, 3.63) is 35.6 Å². The van der Waals surface area contributed by atoms with Crippen LogP contribution >= 0.6 is 0 Å². The second-order valence-electron chi connectivity index (χ2n) is 6.17. The van der Waals surface area contributed by atoms with Crippen LogP contribution in [0.4, 0.5) is 5.82 Å². The molecule has 3 heterocycles. The molecule has 0 spiro atoms. The van der Waals surface area contributed by atoms with Gasteiger partial charge in [0.05, 0.1) is 12.1 Å². The minimum Gasteiger partial charge on any atom is -0.370 e. The van der Waals surface area contributed by atoms with Gasteiger partial charge in [0, 0.05) is 25.7 Å². The number of hydrogen-bond donors (Lipinski definition) is 1. The molecule has 1 aliphatic rings. The van der Waals surface area contributed by atoms with E-state index in [1.54, 1.807) is 12.3 Å². The zero-order valence-corrected chi connectivity index (χ0v) is 13.9. The molecule has 126 valence electrons. The third-order valence-electron chi connectivity index (χ3n) is 4.17. The monoisotopic (exact) mass is 326 g/mol. The van der Waals surface area contributed by atoms with Gasteiger partial charge >= 0.3 is 0 Å². The highest BCUT2D eigenvalue weighted by Crippen LogP contribution is 2.18. The fourth-order valence-electron chi connectivity index (χ4n) is 2.91. The highest BCUT2D eigenvalue weighted by Gasteiger charge is 2.23. The maximum atomic E-state index is 8.78. The molecule has 0 unspecified atom stereocenters. The van der Waals surface area contributed by atoms with E-state index in [1.165, 1.54) is 0 Å². The van der Waals surface area contributed by atoms with Crippen LogP contribution in [0.5, 0.6) is 0 Å². The molecule has 2 aromatic heterocycles. The molecule has 1 saturated heterocycles. The summed E-state index contributed by atoms with van der Waals surface area (Å²) in [6.45, 7) is 5.79. The lowest BCUT2D eigenvalue weighted by Gasteiger charge is -2.14. The lowest BCUT2D eigenvalue weighted by Crippen LogP contribution is -2.23. The van der Waals surface area contributed by atoms with Crippen molar-refractivity contribution in [2.45, 2.75) is 32.7 Å². The highest BCUT2D eigenvalue weighted by atomic mass is 16.5. The average Bonchev–Trinajstić information content (AvgIpc) is 3.24. The smallest absolute Gasteiger partial charge is 0.226 e. The number of anilines is 1. The summed E-state index contributed by atoms with van der Waals surface area (Å²) in [4.78, 5) is 11.0. The van der Waals surface area contributed by atoms with Crippen LogP contribution in [0.1, 0.15) is 37.0 Å². The zero-order valence-electron chi connectivity index (χ0n) is 13.9. The molecular weight excluding hydrogens is 304 g/mol. The predicted molar refractivity (Wildman–Crippen MR) is 89.1 cm³/mol. The van der Waals surface area contributed by atoms with Crippen LogP contribution < -0.4 is 5.32 Å². The van der Waals surface area contributed by atoms with E-state index >= 15 is 0 Å². The number of rotatable bonds is 7. The normalized spacial score (nSPS) is 17.8. The van der Waals surface area contributed by atoms with Crippen LogP contribution in [0.15, 0.2) is 22.9 Å². The Morgan fingerprint density at radius 3 is 3.12 bits per heavy atom. The molecule has 0 aliphatic carbocycles. The van der Waals surface area contributed by atoms with Crippen molar-refractivity contribution in [1.82, 2.24) is 20.0 Å². The van der Waals surface area contributed by atoms with Crippen molar-refractivity contribution >= 4 is 5.82 Å². The maximum Gasteiger partial charge on any atom is 0.226 e. The van der Waals surface area contributed by atoms with Gasteiger partial charge in [-0.15, -0.1) is 0 Å². The number of aryl methyl sites for hydroxylation is 1. The van der Waals surface area contributed by atoms with Gasteiger partial charge in [0.2, 0.25) is 5.89 Å². The Morgan fingerprint density at radius 2 is 2.38 bits per heavy atom. The summed E-state index contributed by atoms with van der Waals surface area (Å²) in [5, 5.41) is 16.2. The summed E-state index contributed by atoms with van der Waals surface area (Å²) in [5.41, 5.74) is 0.579. The van der Waals surface area contributed by atoms with Gasteiger partial charge in [-0.25, -0.2) is 4.98 Å². The Morgan fingerprint density at radius 1 is 1.46 bits per heavy atom. The Kier molecular flexibility index (Phi) is 5.39. The third-order valence-corrected chi connectivity index (χ3v) is 4.17. The van der Waals surface area contributed by atoms with Crippen molar-refractivity contribution < 1.29 is 4.52 Å². The first-order valence-electron chi connectivity index (χ1n) is 8.40. The van der Waals surface area contributed by atoms with Crippen molar-refractivity contribution in [3.8, 4) is 6.07 Å². The quantitative estimate of drug-likeness (QED) is 0.834. The minimum atomic E-state index is 0.574. The number of nitrogens with zero attached hydrogens (tertiary/aromatic N) is 5. The number of pyridine rings is 1. The van der Waals surface area contributed by atoms with Crippen LogP contribution in [0.25, 0.3) is 0 Å². The molecule has 0 amide bonds. The molecule has 0 radical (unpaired) electrons. The molecule has 7 heteroatoms. The Bertz CT molecular complexity index is 690. The van der Waals surface area contributed by atoms with E-state index in [0.717, 1.165) is 63.0 Å². The summed E-state index contributed by atoms with van der Waals surface area (Å²) < 4.78 is 5.24. The molecule has 7 nitrogen and oxygen atoms in total. The fraction of sp³-hybridized carbons (Fsp3) is 0.529. The number of hydrogen-bond acceptors (Lipinski definition) is 7. The zero-order chi connectivity index (χ0) is 16.8. The average molecular weight is 326 g/mol. The molecule has 3 rings (SSSR count). The molecule has 2 aromatic rings. The van der Waals surface area contributed by atoms with E-state index in [-0.39, 0.29) is 0 Å². The molecule has 1 N–H and O–H groups in total. The first kappa shape index (κ1) is 16.4. The van der Waals surface area contributed by atoms with Crippen LogP contribution in [-0.4, -0.2) is 39.7 Å². The van der Waals surface area contributed by atoms with Crippen LogP contribution in [0.2, 0.25) is 0 Å². The number of likely N-dealkylation sites (tertiary alicyclic amines) is 1. The maximum absolute atomic E-state index is 8.78. The van der Waals surface area contributed by atoms with E-state index in [4.69, 9.17) is 9.78 Å². The Balaban J connectivity index is 1.43. The second kappa shape index (κ2) is 7.88. The van der Waals surface area contributed by atoms with Crippen LogP contribution in [0.3, 0.4) is 0 Å². The first-order valence-corrected chi connectivity index (χ1v) is 8.40. The molecule has 24 heavy (non-hydrogen) atoms. The molecule has 1 aliphatic heterocycles. The van der Waals surface area contributed by atoms with Gasteiger partial charge in [0.25, 0.3) is 0 Å². The minimum absolute atomic E-state index is 0.574. The fourth-order valence-corrected chi connectivity index (χ4v) is 2.91. The summed E-state index contributed by atoms with van der Waals surface area (Å²) >= 11 is 0. The number of aromatic nitrogens is 3.